The fourth-order valence-electron chi connectivity index (χ4n) is 4.28. The molecule has 3 heterocycles. The van der Waals surface area contributed by atoms with Crippen LogP contribution in [0.1, 0.15) is 18.4 Å². The van der Waals surface area contributed by atoms with Crippen LogP contribution in [0.2, 0.25) is 0 Å². The molecule has 8 heteroatoms. The van der Waals surface area contributed by atoms with Crippen LogP contribution in [0.5, 0.6) is 11.5 Å². The molecule has 0 N–H and O–H groups in total. The van der Waals surface area contributed by atoms with Gasteiger partial charge >= 0.3 is 6.18 Å². The molecule has 0 amide bonds. The fourth-order valence-corrected chi connectivity index (χ4v) is 4.95. The Bertz CT molecular complexity index is 791. The highest BCUT2D eigenvalue weighted by atomic mass is 32.2. The maximum absolute atomic E-state index is 13.3. The van der Waals surface area contributed by atoms with E-state index < -0.39 is 17.8 Å². The van der Waals surface area contributed by atoms with Crippen LogP contribution in [0.3, 0.4) is 0 Å². The minimum absolute atomic E-state index is 0.173. The largest absolute Gasteiger partial charge is 0.486 e. The van der Waals surface area contributed by atoms with E-state index in [1.807, 2.05) is 11.8 Å². The number of alkyl halides is 3. The molecule has 1 saturated heterocycles. The summed E-state index contributed by atoms with van der Waals surface area (Å²) in [5, 5.41) is 0.392. The Balaban J connectivity index is 1.29. The van der Waals surface area contributed by atoms with E-state index in [1.165, 1.54) is 12.1 Å². The van der Waals surface area contributed by atoms with Gasteiger partial charge in [-0.3, -0.25) is 4.90 Å². The van der Waals surface area contributed by atoms with Crippen molar-refractivity contribution in [3.05, 3.63) is 48.2 Å². The average Bonchev–Trinajstić information content (AvgIpc) is 2.74. The van der Waals surface area contributed by atoms with E-state index in [9.17, 15) is 13.2 Å². The molecule has 2 atom stereocenters. The van der Waals surface area contributed by atoms with Gasteiger partial charge < -0.3 is 14.4 Å². The molecular weight excluding hydrogens is 413 g/mol. The normalized spacial score (nSPS) is 25.0. The highest BCUT2D eigenvalue weighted by molar-refractivity contribution is 7.99. The molecular formula is C22H27F3N2O2S. The number of benzene rings is 1. The molecule has 0 aliphatic carbocycles. The maximum atomic E-state index is 13.3. The number of hydrogen-bond donors (Lipinski definition) is 0. The summed E-state index contributed by atoms with van der Waals surface area (Å²) in [7, 11) is 0. The van der Waals surface area contributed by atoms with Gasteiger partial charge in [-0.1, -0.05) is 18.2 Å². The summed E-state index contributed by atoms with van der Waals surface area (Å²) in [6, 6.07) is 3.92. The van der Waals surface area contributed by atoms with E-state index in [0.29, 0.717) is 17.8 Å². The number of piperidine rings is 1. The predicted molar refractivity (Wildman–Crippen MR) is 113 cm³/mol. The molecule has 1 fully saturated rings. The van der Waals surface area contributed by atoms with Crippen LogP contribution in [0.25, 0.3) is 0 Å². The summed E-state index contributed by atoms with van der Waals surface area (Å²) >= 11 is 1.83. The lowest BCUT2D eigenvalue weighted by Gasteiger charge is -2.38. The smallest absolute Gasteiger partial charge is 0.420 e. The first kappa shape index (κ1) is 21.4. The number of allylic oxidation sites excluding steroid dienone is 2. The fraction of sp³-hybridized carbons (Fsp3) is 0.545. The molecule has 0 radical (unpaired) electrons. The first-order valence-corrected chi connectivity index (χ1v) is 11.6. The molecule has 164 valence electrons. The summed E-state index contributed by atoms with van der Waals surface area (Å²) < 4.78 is 51.2. The number of thioether (sulfide) groups is 1. The first-order chi connectivity index (χ1) is 14.4. The summed E-state index contributed by atoms with van der Waals surface area (Å²) in [4.78, 5) is 4.67. The molecule has 4 rings (SSSR count). The number of ether oxygens (including phenoxy) is 2. The number of fused-ring (bicyclic) bond motifs is 1. The number of para-hydroxylation sites is 1. The van der Waals surface area contributed by atoms with Crippen molar-refractivity contribution in [2.45, 2.75) is 30.5 Å². The second-order valence-corrected chi connectivity index (χ2v) is 8.93. The van der Waals surface area contributed by atoms with Gasteiger partial charge in [0.05, 0.1) is 5.37 Å². The molecule has 3 aliphatic rings. The molecule has 3 aliphatic heterocycles. The van der Waals surface area contributed by atoms with Gasteiger partial charge in [-0.2, -0.15) is 13.2 Å². The quantitative estimate of drug-likeness (QED) is 0.665. The second kappa shape index (κ2) is 9.14. The Labute approximate surface area is 179 Å². The topological polar surface area (TPSA) is 24.9 Å². The number of hydrogen-bond acceptors (Lipinski definition) is 5. The Morgan fingerprint density at radius 2 is 1.93 bits per heavy atom. The second-order valence-electron chi connectivity index (χ2n) is 7.97. The molecule has 0 saturated carbocycles. The molecule has 1 aromatic carbocycles. The van der Waals surface area contributed by atoms with Gasteiger partial charge in [0.25, 0.3) is 0 Å². The van der Waals surface area contributed by atoms with Gasteiger partial charge in [0.15, 0.2) is 11.5 Å². The van der Waals surface area contributed by atoms with Crippen molar-refractivity contribution in [1.29, 1.82) is 0 Å². The maximum Gasteiger partial charge on any atom is 0.420 e. The van der Waals surface area contributed by atoms with Gasteiger partial charge in [0.1, 0.15) is 18.3 Å². The number of likely N-dealkylation sites (tertiary alicyclic amines) is 1. The van der Waals surface area contributed by atoms with Crippen LogP contribution >= 0.6 is 11.8 Å². The van der Waals surface area contributed by atoms with Crippen molar-refractivity contribution in [2.24, 2.45) is 5.92 Å². The summed E-state index contributed by atoms with van der Waals surface area (Å²) in [6.45, 7) is 3.74. The monoisotopic (exact) mass is 440 g/mol. The lowest BCUT2D eigenvalue weighted by molar-refractivity contribution is -0.140. The highest BCUT2D eigenvalue weighted by Gasteiger charge is 2.38. The van der Waals surface area contributed by atoms with E-state index in [4.69, 9.17) is 9.47 Å². The Morgan fingerprint density at radius 3 is 2.67 bits per heavy atom. The van der Waals surface area contributed by atoms with Gasteiger partial charge in [-0.05, 0) is 56.3 Å². The molecule has 1 aromatic rings. The zero-order chi connectivity index (χ0) is 21.1. The van der Waals surface area contributed by atoms with Crippen LogP contribution < -0.4 is 9.47 Å². The van der Waals surface area contributed by atoms with E-state index in [-0.39, 0.29) is 18.1 Å². The average molecular weight is 441 g/mol. The van der Waals surface area contributed by atoms with Crippen molar-refractivity contribution >= 4 is 11.8 Å². The third-order valence-corrected chi connectivity index (χ3v) is 6.78. The Morgan fingerprint density at radius 1 is 1.13 bits per heavy atom. The van der Waals surface area contributed by atoms with Crippen molar-refractivity contribution in [3.8, 4) is 11.5 Å². The molecule has 0 bridgehead atoms. The van der Waals surface area contributed by atoms with Crippen LogP contribution in [0.4, 0.5) is 13.2 Å². The molecule has 2 unspecified atom stereocenters. The molecule has 4 nitrogen and oxygen atoms in total. The lowest BCUT2D eigenvalue weighted by Crippen LogP contribution is -2.45. The third-order valence-electron chi connectivity index (χ3n) is 5.86. The molecule has 0 spiro atoms. The summed E-state index contributed by atoms with van der Waals surface area (Å²) in [6.07, 6.45) is 7.97. The van der Waals surface area contributed by atoms with Gasteiger partial charge in [-0.25, -0.2) is 0 Å². The van der Waals surface area contributed by atoms with E-state index in [0.717, 1.165) is 38.5 Å². The van der Waals surface area contributed by atoms with Gasteiger partial charge in [0.2, 0.25) is 0 Å². The predicted octanol–water partition coefficient (Wildman–Crippen LogP) is 4.63. The number of nitrogens with zero attached hydrogens (tertiary/aromatic N) is 2. The number of rotatable bonds is 5. The number of halogens is 3. The van der Waals surface area contributed by atoms with Gasteiger partial charge in [0, 0.05) is 19.3 Å². The van der Waals surface area contributed by atoms with Crippen LogP contribution in [0.15, 0.2) is 42.6 Å². The Kier molecular flexibility index (Phi) is 6.53. The SMILES string of the molecule is CSC1C=CC=CN1CC1CCN(CC2COc3cccc(C(F)(F)F)c3O2)CC1. The zero-order valence-corrected chi connectivity index (χ0v) is 17.8. The lowest BCUT2D eigenvalue weighted by atomic mass is 9.96. The minimum atomic E-state index is -4.46. The zero-order valence-electron chi connectivity index (χ0n) is 17.0. The third kappa shape index (κ3) is 4.91. The molecule has 0 aromatic heterocycles. The van der Waals surface area contributed by atoms with Crippen LogP contribution in [-0.2, 0) is 6.18 Å². The van der Waals surface area contributed by atoms with Crippen LogP contribution in [-0.4, -0.2) is 60.3 Å². The Hall–Kier alpha value is -1.80. The standard InChI is InChI=1S/C22H27F3N2O2S/c1-30-20-7-2-3-10-27(20)13-16-8-11-26(12-9-16)14-17-15-28-19-6-4-5-18(21(19)29-17)22(23,24)25/h2-7,10,16-17,20H,8-9,11-15H2,1H3. The van der Waals surface area contributed by atoms with Crippen molar-refractivity contribution in [3.63, 3.8) is 0 Å². The van der Waals surface area contributed by atoms with Gasteiger partial charge in [-0.15, -0.1) is 11.8 Å². The van der Waals surface area contributed by atoms with Crippen molar-refractivity contribution in [1.82, 2.24) is 9.80 Å². The van der Waals surface area contributed by atoms with Crippen molar-refractivity contribution in [2.75, 3.05) is 39.0 Å². The first-order valence-electron chi connectivity index (χ1n) is 10.3. The highest BCUT2D eigenvalue weighted by Crippen LogP contribution is 2.43. The van der Waals surface area contributed by atoms with Crippen LogP contribution in [0, 0.1) is 5.92 Å². The molecule has 30 heavy (non-hydrogen) atoms. The summed E-state index contributed by atoms with van der Waals surface area (Å²) in [5.74, 6) is 0.615. The minimum Gasteiger partial charge on any atom is -0.486 e. The summed E-state index contributed by atoms with van der Waals surface area (Å²) in [5.41, 5.74) is -0.768. The van der Waals surface area contributed by atoms with E-state index in [2.05, 4.69) is 40.5 Å². The van der Waals surface area contributed by atoms with Crippen molar-refractivity contribution < 1.29 is 22.6 Å². The van der Waals surface area contributed by atoms with E-state index in [1.54, 1.807) is 0 Å². The van der Waals surface area contributed by atoms with E-state index >= 15 is 0 Å².